The van der Waals surface area contributed by atoms with E-state index in [1.54, 1.807) is 6.07 Å². The number of nitrogens with zero attached hydrogens (tertiary/aromatic N) is 2. The Balaban J connectivity index is 2.68. The molecule has 0 unspecified atom stereocenters. The molecule has 1 aromatic rings. The first-order valence-corrected chi connectivity index (χ1v) is 5.85. The van der Waals surface area contributed by atoms with Gasteiger partial charge >= 0.3 is 0 Å². The summed E-state index contributed by atoms with van der Waals surface area (Å²) in [4.78, 5) is 19.7. The number of amides is 1. The molecule has 5 heteroatoms. The van der Waals surface area contributed by atoms with Gasteiger partial charge in [0.1, 0.15) is 17.8 Å². The summed E-state index contributed by atoms with van der Waals surface area (Å²) < 4.78 is 0. The maximum Gasteiger partial charge on any atom is 0.270 e. The highest BCUT2D eigenvalue weighted by Gasteiger charge is 2.09. The Morgan fingerprint density at radius 1 is 1.29 bits per heavy atom. The van der Waals surface area contributed by atoms with Crippen molar-refractivity contribution in [2.45, 2.75) is 33.7 Å². The summed E-state index contributed by atoms with van der Waals surface area (Å²) in [5.41, 5.74) is 0.389. The van der Waals surface area contributed by atoms with Crippen LogP contribution in [0.2, 0.25) is 0 Å². The van der Waals surface area contributed by atoms with Crippen molar-refractivity contribution in [3.63, 3.8) is 0 Å². The summed E-state index contributed by atoms with van der Waals surface area (Å²) in [6.07, 6.45) is 1.40. The largest absolute Gasteiger partial charge is 0.370 e. The minimum Gasteiger partial charge on any atom is -0.370 e. The first-order chi connectivity index (χ1) is 7.99. The van der Waals surface area contributed by atoms with Crippen LogP contribution in [0.5, 0.6) is 0 Å². The quantitative estimate of drug-likeness (QED) is 0.816. The van der Waals surface area contributed by atoms with Gasteiger partial charge in [-0.2, -0.15) is 0 Å². The molecule has 1 amide bonds. The molecular weight excluding hydrogens is 216 g/mol. The highest BCUT2D eigenvalue weighted by molar-refractivity contribution is 5.92. The van der Waals surface area contributed by atoms with E-state index >= 15 is 0 Å². The summed E-state index contributed by atoms with van der Waals surface area (Å²) in [6, 6.07) is 1.77. The molecule has 0 fully saturated rings. The van der Waals surface area contributed by atoms with E-state index in [-0.39, 0.29) is 11.9 Å². The van der Waals surface area contributed by atoms with Gasteiger partial charge in [0.2, 0.25) is 0 Å². The van der Waals surface area contributed by atoms with Crippen molar-refractivity contribution in [3.05, 3.63) is 18.1 Å². The molecule has 1 aromatic heterocycles. The summed E-state index contributed by atoms with van der Waals surface area (Å²) in [5.74, 6) is 1.04. The van der Waals surface area contributed by atoms with Gasteiger partial charge in [0, 0.05) is 18.7 Å². The molecule has 17 heavy (non-hydrogen) atoms. The first-order valence-electron chi connectivity index (χ1n) is 5.85. The minimum atomic E-state index is -0.171. The first kappa shape index (κ1) is 13.4. The molecule has 0 atom stereocenters. The number of carbonyl (C=O) groups is 1. The second kappa shape index (κ2) is 6.18. The zero-order valence-corrected chi connectivity index (χ0v) is 10.8. The van der Waals surface area contributed by atoms with Crippen LogP contribution < -0.4 is 10.6 Å². The fraction of sp³-hybridized carbons (Fsp3) is 0.583. The van der Waals surface area contributed by atoms with Crippen LogP contribution in [0, 0.1) is 5.92 Å². The topological polar surface area (TPSA) is 66.9 Å². The van der Waals surface area contributed by atoms with Crippen molar-refractivity contribution >= 4 is 11.7 Å². The molecule has 0 bridgehead atoms. The SMILES string of the molecule is CC(C)CNc1cc(C(=O)NC(C)C)ncn1. The molecule has 1 rings (SSSR count). The number of carbonyl (C=O) groups excluding carboxylic acids is 1. The zero-order chi connectivity index (χ0) is 12.8. The van der Waals surface area contributed by atoms with Crippen molar-refractivity contribution in [2.75, 3.05) is 11.9 Å². The molecule has 5 nitrogen and oxygen atoms in total. The van der Waals surface area contributed by atoms with E-state index in [0.717, 1.165) is 6.54 Å². The molecule has 0 aliphatic heterocycles. The van der Waals surface area contributed by atoms with Crippen molar-refractivity contribution in [1.29, 1.82) is 0 Å². The predicted molar refractivity (Wildman–Crippen MR) is 68.0 cm³/mol. The average Bonchev–Trinajstić information content (AvgIpc) is 2.26. The van der Waals surface area contributed by atoms with Crippen molar-refractivity contribution in [2.24, 2.45) is 5.92 Å². The van der Waals surface area contributed by atoms with Crippen molar-refractivity contribution in [3.8, 4) is 0 Å². The standard InChI is InChI=1S/C12H20N4O/c1-8(2)6-13-11-5-10(14-7-15-11)12(17)16-9(3)4/h5,7-9H,6H2,1-4H3,(H,16,17)(H,13,14,15). The fourth-order valence-electron chi connectivity index (χ4n) is 1.22. The molecular formula is C12H20N4O. The van der Waals surface area contributed by atoms with Gasteiger partial charge in [-0.15, -0.1) is 0 Å². The normalized spacial score (nSPS) is 10.7. The Bertz CT molecular complexity index is 377. The number of hydrogen-bond donors (Lipinski definition) is 2. The summed E-state index contributed by atoms with van der Waals surface area (Å²) in [6.45, 7) is 8.87. The van der Waals surface area contributed by atoms with Crippen LogP contribution >= 0.6 is 0 Å². The number of anilines is 1. The number of hydrogen-bond acceptors (Lipinski definition) is 4. The second-order valence-electron chi connectivity index (χ2n) is 4.69. The second-order valence-corrected chi connectivity index (χ2v) is 4.69. The number of rotatable bonds is 5. The van der Waals surface area contributed by atoms with Crippen LogP contribution in [0.25, 0.3) is 0 Å². The molecule has 0 aromatic carbocycles. The molecule has 1 heterocycles. The van der Waals surface area contributed by atoms with Crippen molar-refractivity contribution < 1.29 is 4.79 Å². The Hall–Kier alpha value is -1.65. The highest BCUT2D eigenvalue weighted by Crippen LogP contribution is 2.05. The van der Waals surface area contributed by atoms with Gasteiger partial charge in [-0.05, 0) is 19.8 Å². The number of aromatic nitrogens is 2. The Morgan fingerprint density at radius 2 is 2.00 bits per heavy atom. The average molecular weight is 236 g/mol. The van der Waals surface area contributed by atoms with E-state index in [1.807, 2.05) is 13.8 Å². The van der Waals surface area contributed by atoms with Gasteiger partial charge in [0.05, 0.1) is 0 Å². The van der Waals surface area contributed by atoms with Gasteiger partial charge in [0.15, 0.2) is 0 Å². The van der Waals surface area contributed by atoms with Gasteiger partial charge in [-0.3, -0.25) is 4.79 Å². The lowest BCUT2D eigenvalue weighted by Gasteiger charge is -2.10. The fourth-order valence-corrected chi connectivity index (χ4v) is 1.22. The summed E-state index contributed by atoms with van der Waals surface area (Å²) in [7, 11) is 0. The van der Waals surface area contributed by atoms with Gasteiger partial charge in [-0.1, -0.05) is 13.8 Å². The monoisotopic (exact) mass is 236 g/mol. The van der Waals surface area contributed by atoms with Crippen LogP contribution in [0.3, 0.4) is 0 Å². The van der Waals surface area contributed by atoms with Gasteiger partial charge in [0.25, 0.3) is 5.91 Å². The Kier molecular flexibility index (Phi) is 4.87. The van der Waals surface area contributed by atoms with Crippen LogP contribution in [-0.4, -0.2) is 28.5 Å². The molecule has 94 valence electrons. The van der Waals surface area contributed by atoms with Crippen LogP contribution in [-0.2, 0) is 0 Å². The summed E-state index contributed by atoms with van der Waals surface area (Å²) in [5, 5.41) is 5.96. The summed E-state index contributed by atoms with van der Waals surface area (Å²) >= 11 is 0. The zero-order valence-electron chi connectivity index (χ0n) is 10.8. The Labute approximate surface area is 102 Å². The predicted octanol–water partition coefficient (Wildman–Crippen LogP) is 1.68. The Morgan fingerprint density at radius 3 is 2.59 bits per heavy atom. The lowest BCUT2D eigenvalue weighted by Crippen LogP contribution is -2.30. The third kappa shape index (κ3) is 4.80. The lowest BCUT2D eigenvalue weighted by molar-refractivity contribution is 0.0938. The van der Waals surface area contributed by atoms with E-state index in [0.29, 0.717) is 17.4 Å². The van der Waals surface area contributed by atoms with Gasteiger partial charge < -0.3 is 10.6 Å². The minimum absolute atomic E-state index is 0.101. The smallest absolute Gasteiger partial charge is 0.270 e. The van der Waals surface area contributed by atoms with Crippen LogP contribution in [0.4, 0.5) is 5.82 Å². The van der Waals surface area contributed by atoms with Crippen molar-refractivity contribution in [1.82, 2.24) is 15.3 Å². The van der Waals surface area contributed by atoms with E-state index < -0.39 is 0 Å². The molecule has 0 saturated carbocycles. The third-order valence-corrected chi connectivity index (χ3v) is 2.01. The lowest BCUT2D eigenvalue weighted by atomic mass is 10.2. The number of nitrogens with one attached hydrogen (secondary N) is 2. The molecule has 0 spiro atoms. The van der Waals surface area contributed by atoms with Gasteiger partial charge in [-0.25, -0.2) is 9.97 Å². The van der Waals surface area contributed by atoms with E-state index in [2.05, 4.69) is 34.4 Å². The van der Waals surface area contributed by atoms with E-state index in [4.69, 9.17) is 0 Å². The van der Waals surface area contributed by atoms with E-state index in [1.165, 1.54) is 6.33 Å². The van der Waals surface area contributed by atoms with Crippen LogP contribution in [0.15, 0.2) is 12.4 Å². The molecule has 0 aliphatic rings. The molecule has 2 N–H and O–H groups in total. The molecule has 0 aliphatic carbocycles. The van der Waals surface area contributed by atoms with Crippen LogP contribution in [0.1, 0.15) is 38.2 Å². The highest BCUT2D eigenvalue weighted by atomic mass is 16.1. The molecule has 0 radical (unpaired) electrons. The van der Waals surface area contributed by atoms with E-state index in [9.17, 15) is 4.79 Å². The maximum atomic E-state index is 11.7. The molecule has 0 saturated heterocycles. The third-order valence-electron chi connectivity index (χ3n) is 2.01. The maximum absolute atomic E-state index is 11.7.